The lowest BCUT2D eigenvalue weighted by atomic mass is 10.1. The molecule has 0 atom stereocenters. The average Bonchev–Trinajstić information content (AvgIpc) is 2.75. The van der Waals surface area contributed by atoms with Crippen molar-refractivity contribution >= 4 is 40.9 Å². The summed E-state index contributed by atoms with van der Waals surface area (Å²) in [5.74, 6) is -1.66. The number of nitrogens with one attached hydrogen (secondary N) is 1. The third-order valence-electron chi connectivity index (χ3n) is 4.33. The second-order valence-corrected chi connectivity index (χ2v) is 6.17. The van der Waals surface area contributed by atoms with Crippen LogP contribution in [-0.2, 0) is 19.1 Å². The van der Waals surface area contributed by atoms with Gasteiger partial charge in [0.1, 0.15) is 6.54 Å². The lowest BCUT2D eigenvalue weighted by Gasteiger charge is -2.29. The van der Waals surface area contributed by atoms with Gasteiger partial charge in [-0.3, -0.25) is 19.4 Å². The van der Waals surface area contributed by atoms with Gasteiger partial charge in [-0.25, -0.2) is 9.59 Å². The zero-order valence-corrected chi connectivity index (χ0v) is 15.9. The first-order valence-corrected chi connectivity index (χ1v) is 8.69. The highest BCUT2D eigenvalue weighted by Gasteiger charge is 2.28. The van der Waals surface area contributed by atoms with E-state index >= 15 is 0 Å². The Morgan fingerprint density at radius 2 is 1.79 bits per heavy atom. The highest BCUT2D eigenvalue weighted by Crippen LogP contribution is 2.29. The van der Waals surface area contributed by atoms with Crippen molar-refractivity contribution in [1.29, 1.82) is 0 Å². The van der Waals surface area contributed by atoms with Crippen molar-refractivity contribution in [2.45, 2.75) is 0 Å². The van der Waals surface area contributed by atoms with Crippen LogP contribution in [0.2, 0.25) is 0 Å². The van der Waals surface area contributed by atoms with Crippen molar-refractivity contribution in [2.24, 2.45) is 0 Å². The number of carbonyl (C=O) groups excluding carboxylic acids is 4. The summed E-state index contributed by atoms with van der Waals surface area (Å²) in [5, 5.41) is 2.68. The van der Waals surface area contributed by atoms with Gasteiger partial charge in [0, 0.05) is 7.05 Å². The maximum absolute atomic E-state index is 12.6. The fourth-order valence-corrected chi connectivity index (χ4v) is 2.91. The number of fused-ring (bicyclic) bond motifs is 1. The minimum Gasteiger partial charge on any atom is -0.452 e. The molecule has 0 spiro atoms. The summed E-state index contributed by atoms with van der Waals surface area (Å²) in [4.78, 5) is 51.2. The van der Waals surface area contributed by atoms with Gasteiger partial charge in [0.15, 0.2) is 6.61 Å². The number of para-hydroxylation sites is 3. The topological polar surface area (TPSA) is 105 Å². The molecule has 1 aliphatic rings. The summed E-state index contributed by atoms with van der Waals surface area (Å²) in [6, 6.07) is 13.1. The van der Waals surface area contributed by atoms with Crippen LogP contribution in [0.1, 0.15) is 10.4 Å². The summed E-state index contributed by atoms with van der Waals surface area (Å²) < 4.78 is 9.82. The van der Waals surface area contributed by atoms with E-state index in [2.05, 4.69) is 10.1 Å². The van der Waals surface area contributed by atoms with E-state index in [0.29, 0.717) is 11.4 Å². The standard InChI is InChI=1S/C20H19N3O6/c1-22(20(27)28-2)15-9-5-3-7-13(15)19(26)29-12-18(25)23-11-17(24)21-14-8-4-6-10-16(14)23/h3-10H,11-12H2,1-2H3,(H,21,24). The van der Waals surface area contributed by atoms with Gasteiger partial charge in [-0.05, 0) is 24.3 Å². The van der Waals surface area contributed by atoms with E-state index in [1.807, 2.05) is 0 Å². The van der Waals surface area contributed by atoms with Crippen LogP contribution in [0, 0.1) is 0 Å². The molecule has 9 heteroatoms. The SMILES string of the molecule is COC(=O)N(C)c1ccccc1C(=O)OCC(=O)N1CC(=O)Nc2ccccc21. The van der Waals surface area contributed by atoms with Crippen molar-refractivity contribution in [3.63, 3.8) is 0 Å². The molecule has 2 aromatic rings. The molecule has 9 nitrogen and oxygen atoms in total. The molecule has 2 aromatic carbocycles. The number of methoxy groups -OCH3 is 1. The van der Waals surface area contributed by atoms with Crippen molar-refractivity contribution < 1.29 is 28.7 Å². The summed E-state index contributed by atoms with van der Waals surface area (Å²) in [6.07, 6.45) is -0.655. The Kier molecular flexibility index (Phi) is 5.77. The first kappa shape index (κ1) is 19.9. The third-order valence-corrected chi connectivity index (χ3v) is 4.33. The minimum absolute atomic E-state index is 0.102. The minimum atomic E-state index is -0.778. The van der Waals surface area contributed by atoms with Gasteiger partial charge in [-0.2, -0.15) is 0 Å². The van der Waals surface area contributed by atoms with Crippen molar-refractivity contribution in [1.82, 2.24) is 0 Å². The number of amides is 3. The Balaban J connectivity index is 1.73. The molecule has 0 radical (unpaired) electrons. The predicted octanol–water partition coefficient (Wildman–Crippen LogP) is 2.03. The first-order valence-electron chi connectivity index (χ1n) is 8.69. The molecule has 29 heavy (non-hydrogen) atoms. The van der Waals surface area contributed by atoms with Crippen LogP contribution in [0.5, 0.6) is 0 Å². The van der Waals surface area contributed by atoms with Crippen molar-refractivity contribution in [3.8, 4) is 0 Å². The number of benzene rings is 2. The van der Waals surface area contributed by atoms with Crippen LogP contribution in [0.25, 0.3) is 0 Å². The zero-order valence-electron chi connectivity index (χ0n) is 15.9. The fourth-order valence-electron chi connectivity index (χ4n) is 2.91. The molecule has 3 rings (SSSR count). The molecule has 0 unspecified atom stereocenters. The number of hydrogen-bond acceptors (Lipinski definition) is 6. The van der Waals surface area contributed by atoms with E-state index in [1.165, 1.54) is 25.1 Å². The van der Waals surface area contributed by atoms with Gasteiger partial charge in [-0.1, -0.05) is 24.3 Å². The van der Waals surface area contributed by atoms with Crippen LogP contribution in [0.4, 0.5) is 21.9 Å². The predicted molar refractivity (Wildman–Crippen MR) is 105 cm³/mol. The van der Waals surface area contributed by atoms with E-state index < -0.39 is 24.6 Å². The fraction of sp³-hybridized carbons (Fsp3) is 0.200. The molecule has 1 N–H and O–H groups in total. The van der Waals surface area contributed by atoms with Crippen LogP contribution in [0.15, 0.2) is 48.5 Å². The number of rotatable bonds is 4. The molecule has 0 saturated heterocycles. The molecule has 1 heterocycles. The van der Waals surface area contributed by atoms with Crippen molar-refractivity contribution in [2.75, 3.05) is 42.4 Å². The van der Waals surface area contributed by atoms with E-state index in [9.17, 15) is 19.2 Å². The summed E-state index contributed by atoms with van der Waals surface area (Å²) in [6.45, 7) is -0.730. The molecule has 0 bridgehead atoms. The monoisotopic (exact) mass is 397 g/mol. The third kappa shape index (κ3) is 4.18. The Morgan fingerprint density at radius 3 is 2.55 bits per heavy atom. The highest BCUT2D eigenvalue weighted by molar-refractivity contribution is 6.10. The van der Waals surface area contributed by atoms with E-state index in [1.54, 1.807) is 42.5 Å². The smallest absolute Gasteiger partial charge is 0.413 e. The molecule has 1 aliphatic heterocycles. The number of esters is 1. The number of anilines is 3. The summed E-state index contributed by atoms with van der Waals surface area (Å²) in [5.41, 5.74) is 1.41. The van der Waals surface area contributed by atoms with Crippen molar-refractivity contribution in [3.05, 3.63) is 54.1 Å². The molecular weight excluding hydrogens is 378 g/mol. The summed E-state index contributed by atoms with van der Waals surface area (Å²) >= 11 is 0. The normalized spacial score (nSPS) is 12.5. The van der Waals surface area contributed by atoms with Gasteiger partial charge in [-0.15, -0.1) is 0 Å². The molecule has 150 valence electrons. The number of ether oxygens (including phenoxy) is 2. The Labute approximate surface area is 166 Å². The zero-order chi connectivity index (χ0) is 21.0. The second-order valence-electron chi connectivity index (χ2n) is 6.17. The lowest BCUT2D eigenvalue weighted by Crippen LogP contribution is -2.44. The second kappa shape index (κ2) is 8.42. The first-order chi connectivity index (χ1) is 13.9. The van der Waals surface area contributed by atoms with Crippen LogP contribution >= 0.6 is 0 Å². The van der Waals surface area contributed by atoms with E-state index in [-0.39, 0.29) is 23.7 Å². The molecule has 0 fully saturated rings. The quantitative estimate of drug-likeness (QED) is 0.792. The molecule has 3 amide bonds. The van der Waals surface area contributed by atoms with Crippen LogP contribution < -0.4 is 15.1 Å². The Bertz CT molecular complexity index is 974. The maximum atomic E-state index is 12.6. The Hall–Kier alpha value is -3.88. The van der Waals surface area contributed by atoms with E-state index in [0.717, 1.165) is 4.90 Å². The lowest BCUT2D eigenvalue weighted by molar-refractivity contribution is -0.124. The highest BCUT2D eigenvalue weighted by atomic mass is 16.5. The molecule has 0 saturated carbocycles. The van der Waals surface area contributed by atoms with Crippen LogP contribution in [0.3, 0.4) is 0 Å². The number of nitrogens with zero attached hydrogens (tertiary/aromatic N) is 2. The number of carbonyl (C=O) groups is 4. The summed E-state index contributed by atoms with van der Waals surface area (Å²) in [7, 11) is 2.68. The average molecular weight is 397 g/mol. The molecule has 0 aliphatic carbocycles. The largest absolute Gasteiger partial charge is 0.452 e. The molecular formula is C20H19N3O6. The van der Waals surface area contributed by atoms with Gasteiger partial charge < -0.3 is 14.8 Å². The Morgan fingerprint density at radius 1 is 1.10 bits per heavy atom. The van der Waals surface area contributed by atoms with Gasteiger partial charge in [0.05, 0.1) is 29.7 Å². The maximum Gasteiger partial charge on any atom is 0.413 e. The van der Waals surface area contributed by atoms with Gasteiger partial charge in [0.2, 0.25) is 5.91 Å². The van der Waals surface area contributed by atoms with Gasteiger partial charge >= 0.3 is 12.1 Å². The van der Waals surface area contributed by atoms with Crippen LogP contribution in [-0.4, -0.2) is 51.2 Å². The number of hydrogen-bond donors (Lipinski definition) is 1. The molecule has 0 aromatic heterocycles. The van der Waals surface area contributed by atoms with Gasteiger partial charge in [0.25, 0.3) is 5.91 Å². The van der Waals surface area contributed by atoms with E-state index in [4.69, 9.17) is 4.74 Å².